The second kappa shape index (κ2) is 6.63. The zero-order valence-corrected chi connectivity index (χ0v) is 15.5. The molecule has 0 saturated carbocycles. The normalized spacial score (nSPS) is 13.7. The Bertz CT molecular complexity index is 1300. The quantitative estimate of drug-likeness (QED) is 0.558. The summed E-state index contributed by atoms with van der Waals surface area (Å²) in [6.07, 6.45) is 0.511. The van der Waals surface area contributed by atoms with Gasteiger partial charge in [-0.1, -0.05) is 6.07 Å². The van der Waals surface area contributed by atoms with Crippen LogP contribution in [0.5, 0.6) is 0 Å². The lowest BCUT2D eigenvalue weighted by Gasteiger charge is -2.09. The number of hydrogen-bond donors (Lipinski definition) is 0. The molecule has 0 fully saturated rings. The largest absolute Gasteiger partial charge is 0.384 e. The summed E-state index contributed by atoms with van der Waals surface area (Å²) in [6.45, 7) is 1.68. The van der Waals surface area contributed by atoms with Gasteiger partial charge < -0.3 is 4.74 Å². The highest BCUT2D eigenvalue weighted by Gasteiger charge is 2.13. The molecule has 0 aliphatic carbocycles. The van der Waals surface area contributed by atoms with Crippen molar-refractivity contribution in [1.29, 1.82) is 0 Å². The summed E-state index contributed by atoms with van der Waals surface area (Å²) in [4.78, 5) is 17.5. The van der Waals surface area contributed by atoms with Gasteiger partial charge in [-0.25, -0.2) is 4.52 Å². The van der Waals surface area contributed by atoms with Crippen LogP contribution in [0.25, 0.3) is 27.7 Å². The van der Waals surface area contributed by atoms with Crippen LogP contribution in [0.4, 0.5) is 0 Å². The van der Waals surface area contributed by atoms with Gasteiger partial charge in [0.05, 0.1) is 23.2 Å². The third-order valence-corrected chi connectivity index (χ3v) is 4.61. The fraction of sp³-hybridized carbons (Fsp3) is 0.286. The Morgan fingerprint density at radius 2 is 1.89 bits per heavy atom. The van der Waals surface area contributed by atoms with Crippen LogP contribution in [0.2, 0.25) is 0 Å². The Kier molecular flexibility index (Phi) is 3.47. The van der Waals surface area contributed by atoms with E-state index in [2.05, 4.69) is 10.1 Å². The summed E-state index contributed by atoms with van der Waals surface area (Å²) >= 11 is 0. The summed E-state index contributed by atoms with van der Waals surface area (Å²) in [5.74, 6) is 0. The van der Waals surface area contributed by atoms with Crippen LogP contribution in [0, 0.1) is 13.8 Å². The van der Waals surface area contributed by atoms with E-state index in [-0.39, 0.29) is 5.65 Å². The fourth-order valence-electron chi connectivity index (χ4n) is 3.38. The Hall–Kier alpha value is -2.99. The minimum absolute atomic E-state index is 0.234. The summed E-state index contributed by atoms with van der Waals surface area (Å²) in [7, 11) is 1.59. The maximum absolute atomic E-state index is 13.1. The SMILES string of the molecule is [2H]C([2H])([2H])n1c(=O)c2ccc(-c3cc(C)nc(C)c3)cc2n2nc(CCOC)cc12. The van der Waals surface area contributed by atoms with Crippen LogP contribution in [0.3, 0.4) is 0 Å². The lowest BCUT2D eigenvalue weighted by atomic mass is 10.0. The van der Waals surface area contributed by atoms with E-state index in [9.17, 15) is 4.79 Å². The molecule has 0 N–H and O–H groups in total. The predicted octanol–water partition coefficient (Wildman–Crippen LogP) is 3.05. The third kappa shape index (κ3) is 3.02. The first-order valence-corrected chi connectivity index (χ1v) is 8.71. The van der Waals surface area contributed by atoms with E-state index >= 15 is 0 Å². The number of pyridine rings is 1. The lowest BCUT2D eigenvalue weighted by molar-refractivity contribution is 0.201. The Morgan fingerprint density at radius 1 is 1.11 bits per heavy atom. The number of ether oxygens (including phenoxy) is 1. The molecule has 0 radical (unpaired) electrons. The van der Waals surface area contributed by atoms with E-state index in [1.807, 2.05) is 38.1 Å². The van der Waals surface area contributed by atoms with Crippen LogP contribution < -0.4 is 5.56 Å². The smallest absolute Gasteiger partial charge is 0.261 e. The molecule has 0 spiro atoms. The van der Waals surface area contributed by atoms with Gasteiger partial charge >= 0.3 is 0 Å². The average Bonchev–Trinajstić information content (AvgIpc) is 3.08. The molecular formula is C21H22N4O2. The Balaban J connectivity index is 2.05. The van der Waals surface area contributed by atoms with Gasteiger partial charge in [-0.05, 0) is 49.2 Å². The molecule has 138 valence electrons. The van der Waals surface area contributed by atoms with Crippen LogP contribution in [0.1, 0.15) is 21.2 Å². The van der Waals surface area contributed by atoms with E-state index in [0.717, 1.165) is 27.1 Å². The van der Waals surface area contributed by atoms with Crippen molar-refractivity contribution in [2.45, 2.75) is 20.3 Å². The zero-order chi connectivity index (χ0) is 21.6. The molecule has 3 aromatic heterocycles. The lowest BCUT2D eigenvalue weighted by Crippen LogP contribution is -2.19. The Labute approximate surface area is 161 Å². The highest BCUT2D eigenvalue weighted by molar-refractivity contribution is 5.85. The highest BCUT2D eigenvalue weighted by Crippen LogP contribution is 2.25. The van der Waals surface area contributed by atoms with Crippen molar-refractivity contribution < 1.29 is 8.85 Å². The van der Waals surface area contributed by atoms with Crippen LogP contribution in [-0.2, 0) is 18.1 Å². The molecule has 4 aromatic rings. The summed E-state index contributed by atoms with van der Waals surface area (Å²) in [6, 6.07) is 10.9. The van der Waals surface area contributed by atoms with Gasteiger partial charge in [-0.3, -0.25) is 14.3 Å². The second-order valence-electron chi connectivity index (χ2n) is 6.66. The first kappa shape index (κ1) is 14.1. The molecule has 0 saturated heterocycles. The number of benzene rings is 1. The molecule has 27 heavy (non-hydrogen) atoms. The van der Waals surface area contributed by atoms with Crippen LogP contribution in [-0.4, -0.2) is 32.9 Å². The van der Waals surface area contributed by atoms with E-state index in [0.29, 0.717) is 29.6 Å². The molecule has 0 aliphatic rings. The molecule has 3 heterocycles. The molecule has 6 nitrogen and oxygen atoms in total. The fourth-order valence-corrected chi connectivity index (χ4v) is 3.38. The van der Waals surface area contributed by atoms with Gasteiger partial charge in [0.25, 0.3) is 5.56 Å². The second-order valence-corrected chi connectivity index (χ2v) is 6.66. The number of methoxy groups -OCH3 is 1. The first-order chi connectivity index (χ1) is 14.2. The van der Waals surface area contributed by atoms with Crippen molar-refractivity contribution >= 4 is 16.6 Å². The van der Waals surface area contributed by atoms with Crippen molar-refractivity contribution in [1.82, 2.24) is 19.2 Å². The molecular weight excluding hydrogens is 340 g/mol. The zero-order valence-electron chi connectivity index (χ0n) is 18.5. The van der Waals surface area contributed by atoms with Crippen molar-refractivity contribution in [3.8, 4) is 11.1 Å². The average molecular weight is 365 g/mol. The van der Waals surface area contributed by atoms with E-state index in [1.54, 1.807) is 23.8 Å². The van der Waals surface area contributed by atoms with Gasteiger partial charge in [-0.2, -0.15) is 5.10 Å². The molecule has 0 bridgehead atoms. The molecule has 0 amide bonds. The summed E-state index contributed by atoms with van der Waals surface area (Å²) < 4.78 is 31.1. The van der Waals surface area contributed by atoms with E-state index in [4.69, 9.17) is 8.85 Å². The maximum atomic E-state index is 13.1. The van der Waals surface area contributed by atoms with Crippen molar-refractivity contribution in [2.24, 2.45) is 6.98 Å². The van der Waals surface area contributed by atoms with E-state index < -0.39 is 12.5 Å². The van der Waals surface area contributed by atoms with Crippen LogP contribution in [0.15, 0.2) is 41.2 Å². The maximum Gasteiger partial charge on any atom is 0.261 e. The van der Waals surface area contributed by atoms with Crippen molar-refractivity contribution in [3.63, 3.8) is 0 Å². The molecule has 6 heteroatoms. The number of nitrogens with zero attached hydrogens (tertiary/aromatic N) is 4. The number of rotatable bonds is 4. The number of hydrogen-bond acceptors (Lipinski definition) is 4. The molecule has 0 atom stereocenters. The highest BCUT2D eigenvalue weighted by atomic mass is 16.5. The van der Waals surface area contributed by atoms with Crippen LogP contribution >= 0.6 is 0 Å². The molecule has 1 aromatic carbocycles. The van der Waals surface area contributed by atoms with Gasteiger partial charge in [-0.15, -0.1) is 0 Å². The number of aryl methyl sites for hydroxylation is 3. The molecule has 0 unspecified atom stereocenters. The number of fused-ring (bicyclic) bond motifs is 3. The first-order valence-electron chi connectivity index (χ1n) is 10.2. The molecule has 4 rings (SSSR count). The Morgan fingerprint density at radius 3 is 2.59 bits per heavy atom. The number of aromatic nitrogens is 4. The molecule has 0 aliphatic heterocycles. The van der Waals surface area contributed by atoms with Crippen molar-refractivity contribution in [2.75, 3.05) is 13.7 Å². The minimum Gasteiger partial charge on any atom is -0.384 e. The predicted molar refractivity (Wildman–Crippen MR) is 106 cm³/mol. The topological polar surface area (TPSA) is 61.4 Å². The standard InChI is InChI=1S/C21H22N4O2/c1-13-9-16(10-14(2)22-13)15-5-6-18-19(11-15)25-20(24(3)21(18)26)12-17(23-25)7-8-27-4/h5-6,9-12H,7-8H2,1-4H3/i3D3. The van der Waals surface area contributed by atoms with Gasteiger partial charge in [0.15, 0.2) is 0 Å². The van der Waals surface area contributed by atoms with E-state index in [1.165, 1.54) is 0 Å². The van der Waals surface area contributed by atoms with Gasteiger partial charge in [0.2, 0.25) is 0 Å². The summed E-state index contributed by atoms with van der Waals surface area (Å²) in [5.41, 5.74) is 4.55. The monoisotopic (exact) mass is 365 g/mol. The minimum atomic E-state index is -2.62. The van der Waals surface area contributed by atoms with Crippen molar-refractivity contribution in [3.05, 3.63) is 63.8 Å². The van der Waals surface area contributed by atoms with Gasteiger partial charge in [0, 0.05) is 42.1 Å². The third-order valence-electron chi connectivity index (χ3n) is 4.61. The van der Waals surface area contributed by atoms with Gasteiger partial charge in [0.1, 0.15) is 5.65 Å². The summed E-state index contributed by atoms with van der Waals surface area (Å²) in [5, 5.41) is 4.88.